The molecular formula is C29H42N4O4. The maximum atomic E-state index is 13.9. The number of rotatable bonds is 10. The van der Waals surface area contributed by atoms with Crippen LogP contribution < -0.4 is 10.6 Å². The topological polar surface area (TPSA) is 112 Å². The third kappa shape index (κ3) is 9.56. The Kier molecular flexibility index (Phi) is 11.2. The van der Waals surface area contributed by atoms with Crippen molar-refractivity contribution in [2.75, 3.05) is 6.54 Å². The summed E-state index contributed by atoms with van der Waals surface area (Å²) in [5.74, 6) is -0.780. The largest absolute Gasteiger partial charge is 0.444 e. The maximum Gasteiger partial charge on any atom is 0.408 e. The van der Waals surface area contributed by atoms with Crippen LogP contribution in [0.2, 0.25) is 0 Å². The van der Waals surface area contributed by atoms with Crippen molar-refractivity contribution < 1.29 is 19.1 Å². The summed E-state index contributed by atoms with van der Waals surface area (Å²) in [5.41, 5.74) is 0.632. The van der Waals surface area contributed by atoms with Crippen LogP contribution in [0, 0.1) is 17.2 Å². The molecule has 8 heteroatoms. The molecule has 1 fully saturated rings. The zero-order valence-corrected chi connectivity index (χ0v) is 22.9. The number of hydrogen-bond acceptors (Lipinski definition) is 5. The number of carbonyl (C=O) groups is 3. The fourth-order valence-electron chi connectivity index (χ4n) is 4.57. The summed E-state index contributed by atoms with van der Waals surface area (Å²) in [6.07, 6.45) is 6.26. The first-order chi connectivity index (χ1) is 17.4. The van der Waals surface area contributed by atoms with Crippen molar-refractivity contribution in [3.8, 4) is 6.07 Å². The summed E-state index contributed by atoms with van der Waals surface area (Å²) in [6.45, 7) is 12.6. The van der Waals surface area contributed by atoms with E-state index in [2.05, 4.69) is 17.2 Å². The number of carbonyl (C=O) groups excluding carboxylic acids is 3. The number of nitrogens with one attached hydrogen (secondary N) is 2. The monoisotopic (exact) mass is 510 g/mol. The van der Waals surface area contributed by atoms with Gasteiger partial charge in [-0.2, -0.15) is 5.26 Å². The number of ether oxygens (including phenoxy) is 1. The second-order valence-electron chi connectivity index (χ2n) is 11.1. The molecule has 2 N–H and O–H groups in total. The third-order valence-corrected chi connectivity index (χ3v) is 6.19. The molecular weight excluding hydrogens is 468 g/mol. The zero-order chi connectivity index (χ0) is 27.6. The van der Waals surface area contributed by atoms with E-state index in [9.17, 15) is 19.6 Å². The van der Waals surface area contributed by atoms with Gasteiger partial charge in [-0.3, -0.25) is 9.59 Å². The summed E-state index contributed by atoms with van der Waals surface area (Å²) in [5, 5.41) is 15.5. The van der Waals surface area contributed by atoms with Gasteiger partial charge in [0.25, 0.3) is 0 Å². The lowest BCUT2D eigenvalue weighted by Crippen LogP contribution is -2.54. The van der Waals surface area contributed by atoms with E-state index in [-0.39, 0.29) is 24.4 Å². The van der Waals surface area contributed by atoms with E-state index in [1.165, 1.54) is 4.90 Å². The standard InChI is InChI=1S/C29H42N4O4/c1-7-21-12-11-13-22(19-21)25(26(34)31-23-14-9-8-10-15-23)33(17-16-30)27(35)24(18-20(2)3)32-28(36)37-29(4,5)6/h7,11-13,19-20,23-25H,1,8-10,14-15,17-18H2,2-6H3,(H,31,34)(H,32,36). The van der Waals surface area contributed by atoms with E-state index < -0.39 is 29.7 Å². The van der Waals surface area contributed by atoms with Gasteiger partial charge in [0, 0.05) is 6.04 Å². The van der Waals surface area contributed by atoms with Crippen LogP contribution in [-0.2, 0) is 14.3 Å². The van der Waals surface area contributed by atoms with Crippen LogP contribution in [0.1, 0.15) is 90.3 Å². The quantitative estimate of drug-likeness (QED) is 0.425. The van der Waals surface area contributed by atoms with E-state index in [4.69, 9.17) is 4.74 Å². The maximum absolute atomic E-state index is 13.9. The summed E-state index contributed by atoms with van der Waals surface area (Å²) in [6, 6.07) is 7.30. The number of hydrogen-bond donors (Lipinski definition) is 2. The van der Waals surface area contributed by atoms with Crippen molar-refractivity contribution in [1.82, 2.24) is 15.5 Å². The van der Waals surface area contributed by atoms with Gasteiger partial charge in [0.05, 0.1) is 6.07 Å². The van der Waals surface area contributed by atoms with Crippen LogP contribution in [0.4, 0.5) is 4.79 Å². The van der Waals surface area contributed by atoms with Gasteiger partial charge >= 0.3 is 6.09 Å². The Morgan fingerprint density at radius 1 is 1.22 bits per heavy atom. The summed E-state index contributed by atoms with van der Waals surface area (Å²) in [7, 11) is 0. The third-order valence-electron chi connectivity index (χ3n) is 6.19. The minimum absolute atomic E-state index is 0.0247. The number of amides is 3. The molecule has 0 aromatic heterocycles. The van der Waals surface area contributed by atoms with Crippen LogP contribution in [0.5, 0.6) is 0 Å². The van der Waals surface area contributed by atoms with Gasteiger partial charge in [-0.25, -0.2) is 4.79 Å². The molecule has 1 saturated carbocycles. The molecule has 3 amide bonds. The second kappa shape index (κ2) is 13.8. The first-order valence-electron chi connectivity index (χ1n) is 13.1. The average molecular weight is 511 g/mol. The molecule has 2 atom stereocenters. The number of alkyl carbamates (subject to hydrolysis) is 1. The van der Waals surface area contributed by atoms with Crippen molar-refractivity contribution in [1.29, 1.82) is 5.26 Å². The Morgan fingerprint density at radius 3 is 2.46 bits per heavy atom. The first-order valence-corrected chi connectivity index (χ1v) is 13.1. The highest BCUT2D eigenvalue weighted by Crippen LogP contribution is 2.26. The Balaban J connectivity index is 2.46. The summed E-state index contributed by atoms with van der Waals surface area (Å²) < 4.78 is 5.39. The zero-order valence-electron chi connectivity index (χ0n) is 22.9. The van der Waals surface area contributed by atoms with Gasteiger partial charge in [0.1, 0.15) is 24.2 Å². The molecule has 2 rings (SSSR count). The molecule has 1 aromatic carbocycles. The highest BCUT2D eigenvalue weighted by Gasteiger charge is 2.37. The lowest BCUT2D eigenvalue weighted by Gasteiger charge is -2.34. The highest BCUT2D eigenvalue weighted by molar-refractivity contribution is 5.92. The number of nitriles is 1. The predicted molar refractivity (Wildman–Crippen MR) is 144 cm³/mol. The molecule has 0 aliphatic heterocycles. The van der Waals surface area contributed by atoms with Gasteiger partial charge in [-0.1, -0.05) is 64.0 Å². The van der Waals surface area contributed by atoms with E-state index >= 15 is 0 Å². The van der Waals surface area contributed by atoms with Crippen molar-refractivity contribution in [2.24, 2.45) is 5.92 Å². The first kappa shape index (κ1) is 29.9. The van der Waals surface area contributed by atoms with Crippen molar-refractivity contribution in [2.45, 2.75) is 96.9 Å². The Bertz CT molecular complexity index is 986. The molecule has 0 spiro atoms. The molecule has 0 heterocycles. The number of nitrogens with zero attached hydrogens (tertiary/aromatic N) is 2. The minimum atomic E-state index is -1.04. The van der Waals surface area contributed by atoms with E-state index in [0.717, 1.165) is 37.7 Å². The molecule has 2 unspecified atom stereocenters. The lowest BCUT2D eigenvalue weighted by atomic mass is 9.94. The van der Waals surface area contributed by atoms with E-state index in [1.807, 2.05) is 26.0 Å². The van der Waals surface area contributed by atoms with Crippen LogP contribution in [0.3, 0.4) is 0 Å². The number of benzene rings is 1. The summed E-state index contributed by atoms with van der Waals surface area (Å²) in [4.78, 5) is 41.5. The molecule has 0 saturated heterocycles. The van der Waals surface area contributed by atoms with Crippen molar-refractivity contribution >= 4 is 24.0 Å². The fourth-order valence-corrected chi connectivity index (χ4v) is 4.57. The van der Waals surface area contributed by atoms with Crippen molar-refractivity contribution in [3.05, 3.63) is 42.0 Å². The predicted octanol–water partition coefficient (Wildman–Crippen LogP) is 5.11. The van der Waals surface area contributed by atoms with Gasteiger partial charge in [-0.05, 0) is 63.1 Å². The van der Waals surface area contributed by atoms with Crippen LogP contribution in [0.25, 0.3) is 6.08 Å². The fraction of sp³-hybridized carbons (Fsp3) is 0.586. The van der Waals surface area contributed by atoms with Crippen LogP contribution in [0.15, 0.2) is 30.8 Å². The normalized spacial score (nSPS) is 15.7. The Morgan fingerprint density at radius 2 is 1.89 bits per heavy atom. The van der Waals surface area contributed by atoms with Gasteiger partial charge < -0.3 is 20.3 Å². The molecule has 0 bridgehead atoms. The molecule has 202 valence electrons. The second-order valence-corrected chi connectivity index (χ2v) is 11.1. The molecule has 8 nitrogen and oxygen atoms in total. The lowest BCUT2D eigenvalue weighted by molar-refractivity contribution is -0.142. The smallest absolute Gasteiger partial charge is 0.408 e. The van der Waals surface area contributed by atoms with E-state index in [1.54, 1.807) is 45.0 Å². The molecule has 1 aromatic rings. The average Bonchev–Trinajstić information content (AvgIpc) is 2.82. The van der Waals surface area contributed by atoms with Gasteiger partial charge in [-0.15, -0.1) is 0 Å². The minimum Gasteiger partial charge on any atom is -0.444 e. The summed E-state index contributed by atoms with van der Waals surface area (Å²) >= 11 is 0. The molecule has 0 radical (unpaired) electrons. The molecule has 1 aliphatic rings. The van der Waals surface area contributed by atoms with Crippen LogP contribution in [-0.4, -0.2) is 47.0 Å². The van der Waals surface area contributed by atoms with Gasteiger partial charge in [0.15, 0.2) is 0 Å². The van der Waals surface area contributed by atoms with Crippen LogP contribution >= 0.6 is 0 Å². The van der Waals surface area contributed by atoms with Crippen molar-refractivity contribution in [3.63, 3.8) is 0 Å². The SMILES string of the molecule is C=Cc1cccc(C(C(=O)NC2CCCCC2)N(CC#N)C(=O)C(CC(C)C)NC(=O)OC(C)(C)C)c1. The van der Waals surface area contributed by atoms with E-state index in [0.29, 0.717) is 12.0 Å². The van der Waals surface area contributed by atoms with Gasteiger partial charge in [0.2, 0.25) is 11.8 Å². The Hall–Kier alpha value is -3.34. The highest BCUT2D eigenvalue weighted by atomic mass is 16.6. The molecule has 37 heavy (non-hydrogen) atoms. The Labute approximate surface area is 221 Å². The molecule has 1 aliphatic carbocycles.